The number of rotatable bonds is 11. The Morgan fingerprint density at radius 1 is 1.13 bits per heavy atom. The summed E-state index contributed by atoms with van der Waals surface area (Å²) in [6.07, 6.45) is 1.70. The number of esters is 1. The first-order valence-corrected chi connectivity index (χ1v) is 10.8. The molecular formula is C24H31NO5S. The number of hydrogen-bond donors (Lipinski definition) is 1. The molecule has 3 atom stereocenters. The maximum atomic E-state index is 12.8. The Morgan fingerprint density at radius 3 is 2.42 bits per heavy atom. The summed E-state index contributed by atoms with van der Waals surface area (Å²) in [5, 5.41) is 10.3. The number of hydrogen-bond acceptors (Lipinski definition) is 7. The highest BCUT2D eigenvalue weighted by atomic mass is 32.1. The Labute approximate surface area is 189 Å². The first kappa shape index (κ1) is 24.6. The fraction of sp³-hybridized carbons (Fsp3) is 0.458. The molecule has 7 heteroatoms. The number of para-hydroxylation sites is 1. The second-order valence-electron chi connectivity index (χ2n) is 7.98. The van der Waals surface area contributed by atoms with Gasteiger partial charge in [0.05, 0.1) is 13.0 Å². The molecule has 2 aromatic rings. The molecule has 168 valence electrons. The van der Waals surface area contributed by atoms with Crippen LogP contribution in [0.15, 0.2) is 42.6 Å². The molecule has 0 aliphatic heterocycles. The van der Waals surface area contributed by atoms with Crippen LogP contribution in [-0.2, 0) is 9.53 Å². The summed E-state index contributed by atoms with van der Waals surface area (Å²) in [7, 11) is 1.45. The molecule has 1 heterocycles. The van der Waals surface area contributed by atoms with Crippen molar-refractivity contribution >= 4 is 23.1 Å². The van der Waals surface area contributed by atoms with Gasteiger partial charge in [0.25, 0.3) is 0 Å². The van der Waals surface area contributed by atoms with Crippen LogP contribution in [0.1, 0.15) is 46.2 Å². The van der Waals surface area contributed by atoms with Crippen LogP contribution in [0.25, 0.3) is 0 Å². The van der Waals surface area contributed by atoms with Crippen molar-refractivity contribution in [3.63, 3.8) is 0 Å². The lowest BCUT2D eigenvalue weighted by atomic mass is 10.0. The maximum Gasteiger partial charge on any atom is 0.309 e. The third-order valence-corrected chi connectivity index (χ3v) is 5.19. The maximum absolute atomic E-state index is 12.8. The smallest absolute Gasteiger partial charge is 0.309 e. The van der Waals surface area contributed by atoms with E-state index in [0.717, 1.165) is 5.75 Å². The predicted molar refractivity (Wildman–Crippen MR) is 124 cm³/mol. The highest BCUT2D eigenvalue weighted by Crippen LogP contribution is 2.30. The van der Waals surface area contributed by atoms with Crippen LogP contribution < -0.4 is 9.47 Å². The molecule has 0 aliphatic carbocycles. The van der Waals surface area contributed by atoms with E-state index >= 15 is 0 Å². The summed E-state index contributed by atoms with van der Waals surface area (Å²) < 4.78 is 16.9. The van der Waals surface area contributed by atoms with Gasteiger partial charge in [0.2, 0.25) is 0 Å². The zero-order valence-electron chi connectivity index (χ0n) is 18.7. The van der Waals surface area contributed by atoms with Gasteiger partial charge in [0.15, 0.2) is 11.5 Å². The molecule has 1 aromatic heterocycles. The lowest BCUT2D eigenvalue weighted by Gasteiger charge is -2.27. The second-order valence-corrected chi connectivity index (χ2v) is 8.47. The van der Waals surface area contributed by atoms with Crippen LogP contribution in [0.2, 0.25) is 0 Å². The summed E-state index contributed by atoms with van der Waals surface area (Å²) in [5.74, 6) is 0.351. The number of carbonyl (C=O) groups excluding carboxylic acids is 1. The van der Waals surface area contributed by atoms with Crippen molar-refractivity contribution in [3.05, 3.63) is 48.3 Å². The van der Waals surface area contributed by atoms with E-state index in [2.05, 4.69) is 18.8 Å². The Hall–Kier alpha value is -2.67. The van der Waals surface area contributed by atoms with Crippen LogP contribution >= 0.6 is 12.2 Å². The van der Waals surface area contributed by atoms with Crippen molar-refractivity contribution in [1.82, 2.24) is 4.98 Å². The van der Waals surface area contributed by atoms with Gasteiger partial charge in [-0.3, -0.25) is 9.78 Å². The minimum Gasteiger partial charge on any atom is -0.503 e. The summed E-state index contributed by atoms with van der Waals surface area (Å²) >= 11 is 5.42. The van der Waals surface area contributed by atoms with Gasteiger partial charge in [0.1, 0.15) is 23.7 Å². The topological polar surface area (TPSA) is 77.9 Å². The van der Waals surface area contributed by atoms with Crippen molar-refractivity contribution in [2.24, 2.45) is 11.8 Å². The third kappa shape index (κ3) is 7.21. The van der Waals surface area contributed by atoms with E-state index in [4.69, 9.17) is 26.4 Å². The van der Waals surface area contributed by atoms with Crippen molar-refractivity contribution in [2.75, 3.05) is 7.11 Å². The molecule has 0 saturated carbocycles. The molecule has 1 aromatic carbocycles. The number of aromatic nitrogens is 1. The monoisotopic (exact) mass is 445 g/mol. The minimum absolute atomic E-state index is 0.127. The summed E-state index contributed by atoms with van der Waals surface area (Å²) in [4.78, 5) is 17.3. The normalized spacial score (nSPS) is 13.9. The molecule has 0 saturated heterocycles. The molecular weight excluding hydrogens is 414 g/mol. The summed E-state index contributed by atoms with van der Waals surface area (Å²) in [5.41, 5.74) is 0.244. The van der Waals surface area contributed by atoms with Gasteiger partial charge in [-0.15, -0.1) is 0 Å². The second kappa shape index (κ2) is 11.6. The van der Waals surface area contributed by atoms with Crippen molar-refractivity contribution in [1.29, 1.82) is 0 Å². The SMILES string of the molecule is COc1ccnc(C(=S)C[C@@H](C)C(=O)O[C@H](CC(C)C)[C@H](C)Oc2ccccc2)c1O. The molecule has 0 radical (unpaired) electrons. The molecule has 0 spiro atoms. The largest absolute Gasteiger partial charge is 0.503 e. The zero-order valence-corrected chi connectivity index (χ0v) is 19.5. The Balaban J connectivity index is 2.04. The van der Waals surface area contributed by atoms with Crippen molar-refractivity contribution in [2.45, 2.75) is 52.7 Å². The van der Waals surface area contributed by atoms with Crippen LogP contribution in [0.5, 0.6) is 17.2 Å². The van der Waals surface area contributed by atoms with Gasteiger partial charge in [-0.05, 0) is 37.8 Å². The lowest BCUT2D eigenvalue weighted by Crippen LogP contribution is -2.36. The standard InChI is InChI=1S/C24H31NO5S/c1-15(2)13-20(17(4)29-18-9-7-6-8-10-18)30-24(27)16(3)14-21(31)22-23(26)19(28-5)11-12-25-22/h6-12,15-17,20,26H,13-14H2,1-5H3/t16-,17+,20-/m1/s1. The minimum atomic E-state index is -0.501. The van der Waals surface area contributed by atoms with Gasteiger partial charge in [-0.25, -0.2) is 0 Å². The van der Waals surface area contributed by atoms with E-state index in [0.29, 0.717) is 17.2 Å². The summed E-state index contributed by atoms with van der Waals surface area (Å²) in [6, 6.07) is 11.0. The fourth-order valence-electron chi connectivity index (χ4n) is 3.12. The van der Waals surface area contributed by atoms with E-state index < -0.39 is 12.0 Å². The van der Waals surface area contributed by atoms with E-state index in [1.165, 1.54) is 13.3 Å². The molecule has 0 amide bonds. The highest BCUT2D eigenvalue weighted by molar-refractivity contribution is 7.80. The van der Waals surface area contributed by atoms with Gasteiger partial charge < -0.3 is 19.3 Å². The van der Waals surface area contributed by atoms with Crippen molar-refractivity contribution < 1.29 is 24.1 Å². The number of aromatic hydroxyl groups is 1. The third-order valence-electron chi connectivity index (χ3n) is 4.83. The number of carbonyl (C=O) groups is 1. The van der Waals surface area contributed by atoms with Gasteiger partial charge in [-0.2, -0.15) is 0 Å². The van der Waals surface area contributed by atoms with Gasteiger partial charge >= 0.3 is 5.97 Å². The first-order valence-electron chi connectivity index (χ1n) is 10.4. The lowest BCUT2D eigenvalue weighted by molar-refractivity contribution is -0.158. The van der Waals surface area contributed by atoms with Crippen LogP contribution in [0.3, 0.4) is 0 Å². The number of thiocarbonyl (C=S) groups is 1. The van der Waals surface area contributed by atoms with E-state index in [1.54, 1.807) is 13.0 Å². The summed E-state index contributed by atoms with van der Waals surface area (Å²) in [6.45, 7) is 7.81. The molecule has 0 aliphatic rings. The van der Waals surface area contributed by atoms with Crippen LogP contribution in [-0.4, -0.2) is 40.2 Å². The zero-order chi connectivity index (χ0) is 23.0. The molecule has 0 unspecified atom stereocenters. The number of ether oxygens (including phenoxy) is 3. The van der Waals surface area contributed by atoms with Crippen LogP contribution in [0, 0.1) is 11.8 Å². The van der Waals surface area contributed by atoms with Crippen LogP contribution in [0.4, 0.5) is 0 Å². The quantitative estimate of drug-likeness (QED) is 0.297. The average Bonchev–Trinajstić information content (AvgIpc) is 2.73. The van der Waals surface area contributed by atoms with E-state index in [1.807, 2.05) is 37.3 Å². The first-order chi connectivity index (χ1) is 14.7. The van der Waals surface area contributed by atoms with Gasteiger partial charge in [-0.1, -0.05) is 51.2 Å². The molecule has 31 heavy (non-hydrogen) atoms. The molecule has 0 fully saturated rings. The molecule has 6 nitrogen and oxygen atoms in total. The Morgan fingerprint density at radius 2 is 1.81 bits per heavy atom. The Bertz CT molecular complexity index is 872. The average molecular weight is 446 g/mol. The highest BCUT2D eigenvalue weighted by Gasteiger charge is 2.28. The van der Waals surface area contributed by atoms with Gasteiger partial charge in [0, 0.05) is 17.1 Å². The number of methoxy groups -OCH3 is 1. The molecule has 1 N–H and O–H groups in total. The number of pyridine rings is 1. The molecule has 2 rings (SSSR count). The number of benzene rings is 1. The Kier molecular flexibility index (Phi) is 9.24. The fourth-order valence-corrected chi connectivity index (χ4v) is 3.52. The number of nitrogens with zero attached hydrogens (tertiary/aromatic N) is 1. The molecule has 0 bridgehead atoms. The predicted octanol–water partition coefficient (Wildman–Crippen LogP) is 4.97. The van der Waals surface area contributed by atoms with Crippen molar-refractivity contribution in [3.8, 4) is 17.2 Å². The van der Waals surface area contributed by atoms with E-state index in [-0.39, 0.29) is 35.7 Å². The van der Waals surface area contributed by atoms with E-state index in [9.17, 15) is 9.90 Å².